The van der Waals surface area contributed by atoms with Crippen molar-refractivity contribution in [1.29, 1.82) is 0 Å². The number of rotatable bonds is 8. The van der Waals surface area contributed by atoms with Crippen LogP contribution in [0.4, 0.5) is 0 Å². The maximum absolute atomic E-state index is 5.89. The van der Waals surface area contributed by atoms with E-state index in [9.17, 15) is 0 Å². The first-order chi connectivity index (χ1) is 13.7. The van der Waals surface area contributed by atoms with Crippen LogP contribution >= 0.6 is 0 Å². The Morgan fingerprint density at radius 2 is 1.79 bits per heavy atom. The average molecular weight is 405 g/mol. The average Bonchev–Trinajstić information content (AvgIpc) is 2.69. The van der Waals surface area contributed by atoms with E-state index in [1.165, 1.54) is 11.1 Å². The normalized spacial score (nSPS) is 16.7. The van der Waals surface area contributed by atoms with Crippen LogP contribution in [0.3, 0.4) is 0 Å². The van der Waals surface area contributed by atoms with Gasteiger partial charge in [-0.2, -0.15) is 0 Å². The summed E-state index contributed by atoms with van der Waals surface area (Å²) in [5.74, 6) is 0.852. The standard InChI is InChI=1S/C23H40N4O2/c1-7-24-21(26-18-23(5,6)27-11-13-28-14-12-27)25-16-19-9-8-10-20(15-19)17-29-22(2,3)4/h8-10,15H,7,11-14,16-18H2,1-6H3,(H2,24,25,26). The van der Waals surface area contributed by atoms with Gasteiger partial charge in [0.15, 0.2) is 5.96 Å². The van der Waals surface area contributed by atoms with Crippen LogP contribution in [-0.4, -0.2) is 61.4 Å². The summed E-state index contributed by atoms with van der Waals surface area (Å²) >= 11 is 0. The maximum Gasteiger partial charge on any atom is 0.191 e. The number of nitrogens with one attached hydrogen (secondary N) is 2. The molecule has 2 N–H and O–H groups in total. The molecular formula is C23H40N4O2. The lowest BCUT2D eigenvalue weighted by Crippen LogP contribution is -2.56. The SMILES string of the molecule is CCNC(=NCc1cccc(COC(C)(C)C)c1)NCC(C)(C)N1CCOCC1. The van der Waals surface area contributed by atoms with Crippen molar-refractivity contribution in [3.8, 4) is 0 Å². The highest BCUT2D eigenvalue weighted by atomic mass is 16.5. The van der Waals surface area contributed by atoms with Crippen LogP contribution < -0.4 is 10.6 Å². The molecular weight excluding hydrogens is 364 g/mol. The number of aliphatic imine (C=N–C) groups is 1. The van der Waals surface area contributed by atoms with Crippen molar-refractivity contribution in [3.63, 3.8) is 0 Å². The molecule has 1 fully saturated rings. The van der Waals surface area contributed by atoms with Crippen molar-refractivity contribution >= 4 is 5.96 Å². The minimum absolute atomic E-state index is 0.0458. The highest BCUT2D eigenvalue weighted by Gasteiger charge is 2.28. The Morgan fingerprint density at radius 3 is 2.45 bits per heavy atom. The molecule has 0 radical (unpaired) electrons. The Bertz CT molecular complexity index is 647. The molecule has 0 unspecified atom stereocenters. The van der Waals surface area contributed by atoms with Gasteiger partial charge in [-0.05, 0) is 52.7 Å². The van der Waals surface area contributed by atoms with E-state index in [-0.39, 0.29) is 11.1 Å². The molecule has 0 spiro atoms. The lowest BCUT2D eigenvalue weighted by Gasteiger charge is -2.41. The molecule has 1 saturated heterocycles. The molecule has 6 nitrogen and oxygen atoms in total. The van der Waals surface area contributed by atoms with Crippen LogP contribution in [0, 0.1) is 0 Å². The molecule has 164 valence electrons. The topological polar surface area (TPSA) is 58.1 Å². The lowest BCUT2D eigenvalue weighted by molar-refractivity contribution is -0.0149. The van der Waals surface area contributed by atoms with Crippen LogP contribution in [0.15, 0.2) is 29.3 Å². The number of nitrogens with zero attached hydrogens (tertiary/aromatic N) is 2. The van der Waals surface area contributed by atoms with Crippen molar-refractivity contribution in [1.82, 2.24) is 15.5 Å². The molecule has 1 aromatic rings. The summed E-state index contributed by atoms with van der Waals surface area (Å²) in [5, 5.41) is 6.88. The Hall–Kier alpha value is -1.63. The van der Waals surface area contributed by atoms with E-state index in [4.69, 9.17) is 14.5 Å². The summed E-state index contributed by atoms with van der Waals surface area (Å²) in [7, 11) is 0. The summed E-state index contributed by atoms with van der Waals surface area (Å²) in [4.78, 5) is 7.27. The van der Waals surface area contributed by atoms with Crippen molar-refractivity contribution in [2.24, 2.45) is 4.99 Å². The largest absolute Gasteiger partial charge is 0.379 e. The number of morpholine rings is 1. The predicted molar refractivity (Wildman–Crippen MR) is 120 cm³/mol. The predicted octanol–water partition coefficient (Wildman–Crippen LogP) is 3.17. The van der Waals surface area contributed by atoms with Gasteiger partial charge in [-0.25, -0.2) is 4.99 Å². The third kappa shape index (κ3) is 8.72. The van der Waals surface area contributed by atoms with Crippen LogP contribution in [0.1, 0.15) is 52.7 Å². The second kappa shape index (κ2) is 11.0. The number of guanidine groups is 1. The molecule has 1 aliphatic heterocycles. The van der Waals surface area contributed by atoms with Gasteiger partial charge in [0, 0.05) is 31.7 Å². The van der Waals surface area contributed by atoms with Gasteiger partial charge < -0.3 is 20.1 Å². The molecule has 2 rings (SSSR count). The zero-order valence-corrected chi connectivity index (χ0v) is 19.2. The molecule has 6 heteroatoms. The van der Waals surface area contributed by atoms with E-state index in [2.05, 4.69) is 81.3 Å². The Labute approximate surface area is 177 Å². The maximum atomic E-state index is 5.89. The van der Waals surface area contributed by atoms with Crippen molar-refractivity contribution in [3.05, 3.63) is 35.4 Å². The molecule has 1 aromatic carbocycles. The summed E-state index contributed by atoms with van der Waals surface area (Å²) in [6.45, 7) is 19.4. The minimum atomic E-state index is -0.135. The van der Waals surface area contributed by atoms with Gasteiger partial charge in [0.05, 0.1) is 32.0 Å². The first kappa shape index (κ1) is 23.6. The van der Waals surface area contributed by atoms with Gasteiger partial charge in [-0.1, -0.05) is 24.3 Å². The highest BCUT2D eigenvalue weighted by Crippen LogP contribution is 2.15. The molecule has 1 heterocycles. The van der Waals surface area contributed by atoms with Gasteiger partial charge >= 0.3 is 0 Å². The molecule has 0 saturated carbocycles. The number of ether oxygens (including phenoxy) is 2. The van der Waals surface area contributed by atoms with E-state index < -0.39 is 0 Å². The smallest absolute Gasteiger partial charge is 0.191 e. The zero-order valence-electron chi connectivity index (χ0n) is 19.2. The summed E-state index contributed by atoms with van der Waals surface area (Å²) < 4.78 is 11.4. The van der Waals surface area contributed by atoms with E-state index in [0.717, 1.165) is 45.4 Å². The second-order valence-corrected chi connectivity index (χ2v) is 9.18. The number of hydrogen-bond acceptors (Lipinski definition) is 4. The lowest BCUT2D eigenvalue weighted by atomic mass is 10.0. The number of hydrogen-bond donors (Lipinski definition) is 2. The second-order valence-electron chi connectivity index (χ2n) is 9.18. The Balaban J connectivity index is 1.94. The van der Waals surface area contributed by atoms with Crippen LogP contribution in [0.5, 0.6) is 0 Å². The van der Waals surface area contributed by atoms with E-state index >= 15 is 0 Å². The first-order valence-corrected chi connectivity index (χ1v) is 10.8. The van der Waals surface area contributed by atoms with Crippen molar-refractivity contribution in [2.45, 2.75) is 65.8 Å². The monoisotopic (exact) mass is 404 g/mol. The van der Waals surface area contributed by atoms with Crippen LogP contribution in [-0.2, 0) is 22.6 Å². The van der Waals surface area contributed by atoms with Gasteiger partial charge in [0.25, 0.3) is 0 Å². The molecule has 0 aromatic heterocycles. The molecule has 0 bridgehead atoms. The summed E-state index contributed by atoms with van der Waals surface area (Å²) in [5.41, 5.74) is 2.28. The fourth-order valence-electron chi connectivity index (χ4n) is 3.21. The first-order valence-electron chi connectivity index (χ1n) is 10.8. The van der Waals surface area contributed by atoms with Gasteiger partial charge in [0.1, 0.15) is 0 Å². The molecule has 0 atom stereocenters. The van der Waals surface area contributed by atoms with Gasteiger partial charge in [-0.3, -0.25) is 4.90 Å². The summed E-state index contributed by atoms with van der Waals surface area (Å²) in [6, 6.07) is 8.48. The quantitative estimate of drug-likeness (QED) is 0.515. The molecule has 1 aliphatic rings. The number of benzene rings is 1. The third-order valence-electron chi connectivity index (χ3n) is 4.98. The molecule has 0 aliphatic carbocycles. The van der Waals surface area contributed by atoms with Crippen molar-refractivity contribution < 1.29 is 9.47 Å². The minimum Gasteiger partial charge on any atom is -0.379 e. The fraction of sp³-hybridized carbons (Fsp3) is 0.696. The Morgan fingerprint density at radius 1 is 1.10 bits per heavy atom. The van der Waals surface area contributed by atoms with Crippen molar-refractivity contribution in [2.75, 3.05) is 39.4 Å². The van der Waals surface area contributed by atoms with Gasteiger partial charge in [-0.15, -0.1) is 0 Å². The fourth-order valence-corrected chi connectivity index (χ4v) is 3.21. The Kier molecular flexibility index (Phi) is 8.93. The molecule has 29 heavy (non-hydrogen) atoms. The van der Waals surface area contributed by atoms with E-state index in [0.29, 0.717) is 13.2 Å². The molecule has 0 amide bonds. The van der Waals surface area contributed by atoms with Crippen LogP contribution in [0.25, 0.3) is 0 Å². The highest BCUT2D eigenvalue weighted by molar-refractivity contribution is 5.79. The van der Waals surface area contributed by atoms with E-state index in [1.807, 2.05) is 0 Å². The van der Waals surface area contributed by atoms with Crippen LogP contribution in [0.2, 0.25) is 0 Å². The third-order valence-corrected chi connectivity index (χ3v) is 4.98. The van der Waals surface area contributed by atoms with Gasteiger partial charge in [0.2, 0.25) is 0 Å². The zero-order chi connectivity index (χ0) is 21.3. The summed E-state index contributed by atoms with van der Waals surface area (Å²) in [6.07, 6.45) is 0. The van der Waals surface area contributed by atoms with E-state index in [1.54, 1.807) is 0 Å².